The molecule has 2 aromatic carbocycles. The number of carbonyl (C=O) groups is 1. The fourth-order valence-electron chi connectivity index (χ4n) is 1.60. The molecule has 0 aliphatic carbocycles. The van der Waals surface area contributed by atoms with Crippen LogP contribution in [0.5, 0.6) is 0 Å². The van der Waals surface area contributed by atoms with Crippen molar-refractivity contribution in [2.75, 3.05) is 0 Å². The van der Waals surface area contributed by atoms with E-state index in [-0.39, 0.29) is 11.6 Å². The van der Waals surface area contributed by atoms with Gasteiger partial charge in [-0.15, -0.1) is 11.8 Å². The zero-order valence-corrected chi connectivity index (χ0v) is 11.9. The standard InChI is InChI=1S/C15H12ClFOS/c1-10(18)11-2-5-14(6-3-11)19-9-12-8-13(16)4-7-15(12)17/h2-8H,9H2,1H3. The number of Topliss-reactive ketones (excluding diaryl/α,β-unsaturated/α-hetero) is 1. The largest absolute Gasteiger partial charge is 0.295 e. The van der Waals surface area contributed by atoms with Crippen LogP contribution >= 0.6 is 23.4 Å². The average molecular weight is 295 g/mol. The van der Waals surface area contributed by atoms with Gasteiger partial charge in [-0.2, -0.15) is 0 Å². The van der Waals surface area contributed by atoms with Crippen LogP contribution in [0.2, 0.25) is 5.02 Å². The molecule has 0 spiro atoms. The Labute approximate surface area is 120 Å². The normalized spacial score (nSPS) is 10.5. The monoisotopic (exact) mass is 294 g/mol. The summed E-state index contributed by atoms with van der Waals surface area (Å²) in [6, 6.07) is 11.8. The van der Waals surface area contributed by atoms with E-state index in [1.807, 2.05) is 12.1 Å². The van der Waals surface area contributed by atoms with E-state index in [4.69, 9.17) is 11.6 Å². The minimum Gasteiger partial charge on any atom is -0.295 e. The molecule has 2 aromatic rings. The van der Waals surface area contributed by atoms with Crippen molar-refractivity contribution in [2.45, 2.75) is 17.6 Å². The summed E-state index contributed by atoms with van der Waals surface area (Å²) in [4.78, 5) is 12.1. The highest BCUT2D eigenvalue weighted by atomic mass is 35.5. The van der Waals surface area contributed by atoms with Crippen molar-refractivity contribution >= 4 is 29.1 Å². The number of hydrogen-bond acceptors (Lipinski definition) is 2. The minimum absolute atomic E-state index is 0.0393. The fraction of sp³-hybridized carbons (Fsp3) is 0.133. The molecule has 4 heteroatoms. The van der Waals surface area contributed by atoms with Crippen molar-refractivity contribution < 1.29 is 9.18 Å². The second kappa shape index (κ2) is 6.22. The summed E-state index contributed by atoms with van der Waals surface area (Å²) in [6.07, 6.45) is 0. The molecule has 0 heterocycles. The van der Waals surface area contributed by atoms with Gasteiger partial charge in [0, 0.05) is 21.2 Å². The van der Waals surface area contributed by atoms with Crippen molar-refractivity contribution in [1.82, 2.24) is 0 Å². The molecule has 0 bridgehead atoms. The predicted octanol–water partition coefficient (Wildman–Crippen LogP) is 4.97. The van der Waals surface area contributed by atoms with E-state index >= 15 is 0 Å². The highest BCUT2D eigenvalue weighted by molar-refractivity contribution is 7.98. The SMILES string of the molecule is CC(=O)c1ccc(SCc2cc(Cl)ccc2F)cc1. The Bertz CT molecular complexity index is 596. The van der Waals surface area contributed by atoms with Crippen molar-refractivity contribution in [1.29, 1.82) is 0 Å². The predicted molar refractivity (Wildman–Crippen MR) is 77.4 cm³/mol. The van der Waals surface area contributed by atoms with E-state index in [9.17, 15) is 9.18 Å². The van der Waals surface area contributed by atoms with Crippen molar-refractivity contribution in [3.05, 3.63) is 64.4 Å². The summed E-state index contributed by atoms with van der Waals surface area (Å²) in [5.41, 5.74) is 1.26. The molecule has 0 saturated carbocycles. The fourth-order valence-corrected chi connectivity index (χ4v) is 2.67. The number of hydrogen-bond donors (Lipinski definition) is 0. The first-order valence-electron chi connectivity index (χ1n) is 5.74. The van der Waals surface area contributed by atoms with Crippen LogP contribution in [-0.4, -0.2) is 5.78 Å². The number of rotatable bonds is 4. The van der Waals surface area contributed by atoms with Crippen LogP contribution < -0.4 is 0 Å². The molecule has 19 heavy (non-hydrogen) atoms. The maximum atomic E-state index is 13.5. The van der Waals surface area contributed by atoms with Crippen LogP contribution in [-0.2, 0) is 5.75 Å². The van der Waals surface area contributed by atoms with Crippen LogP contribution in [0.25, 0.3) is 0 Å². The Balaban J connectivity index is 2.06. The third-order valence-electron chi connectivity index (χ3n) is 2.66. The molecule has 0 fully saturated rings. The van der Waals surface area contributed by atoms with Gasteiger partial charge in [-0.25, -0.2) is 4.39 Å². The van der Waals surface area contributed by atoms with Crippen LogP contribution in [0.3, 0.4) is 0 Å². The average Bonchev–Trinajstić information content (AvgIpc) is 2.40. The molecule has 0 aliphatic heterocycles. The van der Waals surface area contributed by atoms with Crippen LogP contribution in [0.1, 0.15) is 22.8 Å². The van der Waals surface area contributed by atoms with Gasteiger partial charge in [0.2, 0.25) is 0 Å². The van der Waals surface area contributed by atoms with Gasteiger partial charge in [-0.3, -0.25) is 4.79 Å². The number of halogens is 2. The number of benzene rings is 2. The molecule has 98 valence electrons. The van der Waals surface area contributed by atoms with Crippen molar-refractivity contribution in [2.24, 2.45) is 0 Å². The molecule has 0 radical (unpaired) electrons. The van der Waals surface area contributed by atoms with Gasteiger partial charge in [0.15, 0.2) is 5.78 Å². The zero-order chi connectivity index (χ0) is 13.8. The van der Waals surface area contributed by atoms with E-state index < -0.39 is 0 Å². The van der Waals surface area contributed by atoms with Crippen LogP contribution in [0, 0.1) is 5.82 Å². The van der Waals surface area contributed by atoms with Gasteiger partial charge in [-0.1, -0.05) is 23.7 Å². The molecule has 0 N–H and O–H groups in total. The van der Waals surface area contributed by atoms with Gasteiger partial charge in [0.1, 0.15) is 5.82 Å². The maximum Gasteiger partial charge on any atom is 0.159 e. The number of ketones is 1. The molecule has 0 aliphatic rings. The molecular formula is C15H12ClFOS. The molecule has 0 unspecified atom stereocenters. The van der Waals surface area contributed by atoms with Crippen LogP contribution in [0.4, 0.5) is 4.39 Å². The Kier molecular flexibility index (Phi) is 4.61. The second-order valence-electron chi connectivity index (χ2n) is 4.10. The number of carbonyl (C=O) groups excluding carboxylic acids is 1. The van der Waals surface area contributed by atoms with E-state index in [2.05, 4.69) is 0 Å². The maximum absolute atomic E-state index is 13.5. The summed E-state index contributed by atoms with van der Waals surface area (Å²) in [5.74, 6) is 0.293. The lowest BCUT2D eigenvalue weighted by molar-refractivity contribution is 0.101. The third-order valence-corrected chi connectivity index (χ3v) is 3.96. The zero-order valence-electron chi connectivity index (χ0n) is 10.3. The lowest BCUT2D eigenvalue weighted by Crippen LogP contribution is -1.91. The molecular weight excluding hydrogens is 283 g/mol. The molecule has 0 atom stereocenters. The summed E-state index contributed by atoms with van der Waals surface area (Å²) in [7, 11) is 0. The van der Waals surface area contributed by atoms with E-state index in [0.29, 0.717) is 21.9 Å². The third kappa shape index (κ3) is 3.82. The van der Waals surface area contributed by atoms with Gasteiger partial charge < -0.3 is 0 Å². The molecule has 0 saturated heterocycles. The molecule has 1 nitrogen and oxygen atoms in total. The molecule has 2 rings (SSSR count). The highest BCUT2D eigenvalue weighted by Crippen LogP contribution is 2.26. The Morgan fingerprint density at radius 1 is 1.21 bits per heavy atom. The van der Waals surface area contributed by atoms with Crippen molar-refractivity contribution in [3.8, 4) is 0 Å². The summed E-state index contributed by atoms with van der Waals surface area (Å²) in [6.45, 7) is 1.53. The first-order chi connectivity index (χ1) is 9.06. The summed E-state index contributed by atoms with van der Waals surface area (Å²) >= 11 is 7.35. The topological polar surface area (TPSA) is 17.1 Å². The lowest BCUT2D eigenvalue weighted by Gasteiger charge is -2.05. The Hall–Kier alpha value is -1.32. The van der Waals surface area contributed by atoms with E-state index in [0.717, 1.165) is 4.90 Å². The van der Waals surface area contributed by atoms with E-state index in [1.165, 1.54) is 30.8 Å². The number of thioether (sulfide) groups is 1. The minimum atomic E-state index is -0.253. The highest BCUT2D eigenvalue weighted by Gasteiger charge is 2.05. The second-order valence-corrected chi connectivity index (χ2v) is 5.59. The van der Waals surface area contributed by atoms with Gasteiger partial charge >= 0.3 is 0 Å². The van der Waals surface area contributed by atoms with Gasteiger partial charge in [0.05, 0.1) is 0 Å². The first kappa shape index (κ1) is 14.1. The Morgan fingerprint density at radius 2 is 1.89 bits per heavy atom. The first-order valence-corrected chi connectivity index (χ1v) is 7.10. The Morgan fingerprint density at radius 3 is 2.53 bits per heavy atom. The lowest BCUT2D eigenvalue weighted by atomic mass is 10.2. The summed E-state index contributed by atoms with van der Waals surface area (Å²) < 4.78 is 13.5. The molecule has 0 aromatic heterocycles. The van der Waals surface area contributed by atoms with Gasteiger partial charge in [-0.05, 0) is 42.8 Å². The van der Waals surface area contributed by atoms with E-state index in [1.54, 1.807) is 18.2 Å². The summed E-state index contributed by atoms with van der Waals surface area (Å²) in [5, 5.41) is 0.531. The quantitative estimate of drug-likeness (QED) is 0.585. The van der Waals surface area contributed by atoms with Gasteiger partial charge in [0.25, 0.3) is 0 Å². The molecule has 0 amide bonds. The smallest absolute Gasteiger partial charge is 0.159 e. The van der Waals surface area contributed by atoms with Crippen molar-refractivity contribution in [3.63, 3.8) is 0 Å². The van der Waals surface area contributed by atoms with Crippen LogP contribution in [0.15, 0.2) is 47.4 Å².